The number of hydrogen-bond acceptors (Lipinski definition) is 2. The first-order chi connectivity index (χ1) is 8.24. The van der Waals surface area contributed by atoms with Crippen molar-refractivity contribution in [2.24, 2.45) is 5.92 Å². The molecule has 0 N–H and O–H groups in total. The summed E-state index contributed by atoms with van der Waals surface area (Å²) in [5.74, 6) is 1.55. The molecule has 1 aromatic carbocycles. The SMILES string of the molecule is O=C1COc2cc(Br)ccc2N1CC1CCC1. The maximum Gasteiger partial charge on any atom is 0.265 e. The molecule has 0 spiro atoms. The summed E-state index contributed by atoms with van der Waals surface area (Å²) < 4.78 is 6.44. The molecule has 0 unspecified atom stereocenters. The number of carbonyl (C=O) groups excluding carboxylic acids is 1. The van der Waals surface area contributed by atoms with Gasteiger partial charge in [-0.2, -0.15) is 0 Å². The van der Waals surface area contributed by atoms with E-state index in [-0.39, 0.29) is 12.5 Å². The number of halogens is 1. The summed E-state index contributed by atoms with van der Waals surface area (Å²) in [5.41, 5.74) is 0.913. The van der Waals surface area contributed by atoms with E-state index in [9.17, 15) is 4.79 Å². The van der Waals surface area contributed by atoms with E-state index in [0.717, 1.165) is 22.5 Å². The van der Waals surface area contributed by atoms with Crippen molar-refractivity contribution < 1.29 is 9.53 Å². The lowest BCUT2D eigenvalue weighted by atomic mass is 9.85. The zero-order chi connectivity index (χ0) is 11.8. The van der Waals surface area contributed by atoms with E-state index in [1.165, 1.54) is 19.3 Å². The predicted octanol–water partition coefficient (Wildman–Crippen LogP) is 2.97. The van der Waals surface area contributed by atoms with Gasteiger partial charge < -0.3 is 9.64 Å². The summed E-state index contributed by atoms with van der Waals surface area (Å²) >= 11 is 3.42. The lowest BCUT2D eigenvalue weighted by Gasteiger charge is -2.35. The number of anilines is 1. The van der Waals surface area contributed by atoms with Crippen LogP contribution >= 0.6 is 15.9 Å². The van der Waals surface area contributed by atoms with Gasteiger partial charge in [0.25, 0.3) is 5.91 Å². The van der Waals surface area contributed by atoms with E-state index in [2.05, 4.69) is 15.9 Å². The Morgan fingerprint density at radius 2 is 2.24 bits per heavy atom. The Labute approximate surface area is 109 Å². The minimum atomic E-state index is 0.0757. The molecule has 3 rings (SSSR count). The highest BCUT2D eigenvalue weighted by molar-refractivity contribution is 9.10. The van der Waals surface area contributed by atoms with Crippen LogP contribution in [0.1, 0.15) is 19.3 Å². The topological polar surface area (TPSA) is 29.5 Å². The average molecular weight is 296 g/mol. The number of benzene rings is 1. The van der Waals surface area contributed by atoms with Crippen LogP contribution in [0.3, 0.4) is 0 Å². The minimum Gasteiger partial charge on any atom is -0.482 e. The minimum absolute atomic E-state index is 0.0757. The molecular formula is C13H14BrNO2. The van der Waals surface area contributed by atoms with Crippen molar-refractivity contribution in [2.45, 2.75) is 19.3 Å². The molecule has 3 nitrogen and oxygen atoms in total. The molecule has 1 aliphatic heterocycles. The van der Waals surface area contributed by atoms with Crippen LogP contribution in [0.25, 0.3) is 0 Å². The summed E-state index contributed by atoms with van der Waals surface area (Å²) in [6, 6.07) is 5.83. The summed E-state index contributed by atoms with van der Waals surface area (Å²) in [4.78, 5) is 13.8. The summed E-state index contributed by atoms with van der Waals surface area (Å²) in [5, 5.41) is 0. The Morgan fingerprint density at radius 3 is 2.94 bits per heavy atom. The van der Waals surface area contributed by atoms with Gasteiger partial charge in [0, 0.05) is 11.0 Å². The van der Waals surface area contributed by atoms with Crippen molar-refractivity contribution in [3.8, 4) is 5.75 Å². The zero-order valence-electron chi connectivity index (χ0n) is 9.49. The first-order valence-corrected chi connectivity index (χ1v) is 6.76. The summed E-state index contributed by atoms with van der Waals surface area (Å²) in [6.45, 7) is 1.01. The largest absolute Gasteiger partial charge is 0.482 e. The molecule has 0 radical (unpaired) electrons. The second kappa shape index (κ2) is 4.33. The first-order valence-electron chi connectivity index (χ1n) is 5.97. The monoisotopic (exact) mass is 295 g/mol. The number of amides is 1. The van der Waals surface area contributed by atoms with Crippen molar-refractivity contribution in [2.75, 3.05) is 18.1 Å². The van der Waals surface area contributed by atoms with E-state index in [1.807, 2.05) is 23.1 Å². The number of rotatable bonds is 2. The Balaban J connectivity index is 1.89. The molecule has 2 aliphatic rings. The third-order valence-corrected chi connectivity index (χ3v) is 4.02. The maximum atomic E-state index is 11.9. The quantitative estimate of drug-likeness (QED) is 0.839. The van der Waals surface area contributed by atoms with Gasteiger partial charge in [0.1, 0.15) is 5.75 Å². The van der Waals surface area contributed by atoms with Gasteiger partial charge in [-0.3, -0.25) is 4.79 Å². The molecule has 1 saturated carbocycles. The van der Waals surface area contributed by atoms with Crippen LogP contribution in [0.5, 0.6) is 5.75 Å². The van der Waals surface area contributed by atoms with E-state index in [1.54, 1.807) is 0 Å². The van der Waals surface area contributed by atoms with Gasteiger partial charge >= 0.3 is 0 Å². The summed E-state index contributed by atoms with van der Waals surface area (Å²) in [7, 11) is 0. The number of fused-ring (bicyclic) bond motifs is 1. The molecule has 0 saturated heterocycles. The Bertz CT molecular complexity index is 457. The first kappa shape index (κ1) is 11.1. The van der Waals surface area contributed by atoms with Crippen LogP contribution < -0.4 is 9.64 Å². The fraction of sp³-hybridized carbons (Fsp3) is 0.462. The van der Waals surface area contributed by atoms with E-state index >= 15 is 0 Å². The Morgan fingerprint density at radius 1 is 1.41 bits per heavy atom. The Kier molecular flexibility index (Phi) is 2.82. The molecule has 1 heterocycles. The predicted molar refractivity (Wildman–Crippen MR) is 69.3 cm³/mol. The van der Waals surface area contributed by atoms with Crippen LogP contribution in [0, 0.1) is 5.92 Å². The van der Waals surface area contributed by atoms with Crippen LogP contribution in [0.2, 0.25) is 0 Å². The van der Waals surface area contributed by atoms with Crippen molar-refractivity contribution in [3.63, 3.8) is 0 Å². The second-order valence-electron chi connectivity index (χ2n) is 4.70. The molecule has 4 heteroatoms. The van der Waals surface area contributed by atoms with Gasteiger partial charge in [0.15, 0.2) is 6.61 Å². The summed E-state index contributed by atoms with van der Waals surface area (Å²) in [6.07, 6.45) is 3.80. The third kappa shape index (κ3) is 2.06. The number of carbonyl (C=O) groups is 1. The lowest BCUT2D eigenvalue weighted by molar-refractivity contribution is -0.121. The van der Waals surface area contributed by atoms with Gasteiger partial charge in [-0.1, -0.05) is 22.4 Å². The number of hydrogen-bond donors (Lipinski definition) is 0. The van der Waals surface area contributed by atoms with E-state index in [4.69, 9.17) is 4.74 Å². The second-order valence-corrected chi connectivity index (χ2v) is 5.62. The lowest BCUT2D eigenvalue weighted by Crippen LogP contribution is -2.42. The van der Waals surface area contributed by atoms with Crippen molar-refractivity contribution in [1.82, 2.24) is 0 Å². The number of nitrogens with zero attached hydrogens (tertiary/aromatic N) is 1. The van der Waals surface area contributed by atoms with E-state index in [0.29, 0.717) is 5.92 Å². The molecule has 17 heavy (non-hydrogen) atoms. The highest BCUT2D eigenvalue weighted by Crippen LogP contribution is 2.37. The normalized spacial score (nSPS) is 19.6. The molecule has 1 amide bonds. The molecule has 0 atom stereocenters. The maximum absolute atomic E-state index is 11.9. The molecule has 1 aliphatic carbocycles. The van der Waals surface area contributed by atoms with Crippen molar-refractivity contribution in [3.05, 3.63) is 22.7 Å². The fourth-order valence-corrected chi connectivity index (χ4v) is 2.65. The number of ether oxygens (including phenoxy) is 1. The zero-order valence-corrected chi connectivity index (χ0v) is 11.1. The van der Waals surface area contributed by atoms with Crippen LogP contribution in [-0.4, -0.2) is 19.1 Å². The van der Waals surface area contributed by atoms with Gasteiger partial charge in [-0.25, -0.2) is 0 Å². The van der Waals surface area contributed by atoms with Crippen molar-refractivity contribution in [1.29, 1.82) is 0 Å². The van der Waals surface area contributed by atoms with Crippen LogP contribution in [0.15, 0.2) is 22.7 Å². The molecule has 90 valence electrons. The highest BCUT2D eigenvalue weighted by atomic mass is 79.9. The highest BCUT2D eigenvalue weighted by Gasteiger charge is 2.29. The molecule has 1 fully saturated rings. The smallest absolute Gasteiger partial charge is 0.265 e. The van der Waals surface area contributed by atoms with Crippen LogP contribution in [0.4, 0.5) is 5.69 Å². The third-order valence-electron chi connectivity index (χ3n) is 3.53. The van der Waals surface area contributed by atoms with E-state index < -0.39 is 0 Å². The molecule has 0 aromatic heterocycles. The van der Waals surface area contributed by atoms with Crippen molar-refractivity contribution >= 4 is 27.5 Å². The fourth-order valence-electron chi connectivity index (χ4n) is 2.31. The molecule has 1 aromatic rings. The van der Waals surface area contributed by atoms with Gasteiger partial charge in [-0.15, -0.1) is 0 Å². The van der Waals surface area contributed by atoms with Gasteiger partial charge in [0.2, 0.25) is 0 Å². The van der Waals surface area contributed by atoms with Crippen LogP contribution in [-0.2, 0) is 4.79 Å². The average Bonchev–Trinajstić information content (AvgIpc) is 2.25. The Hall–Kier alpha value is -1.03. The van der Waals surface area contributed by atoms with Gasteiger partial charge in [-0.05, 0) is 37.0 Å². The molecular weight excluding hydrogens is 282 g/mol. The molecule has 0 bridgehead atoms. The van der Waals surface area contributed by atoms with Gasteiger partial charge in [0.05, 0.1) is 5.69 Å². The standard InChI is InChI=1S/C13H14BrNO2/c14-10-4-5-11-12(6-10)17-8-13(16)15(11)7-9-2-1-3-9/h4-6,9H,1-3,7-8H2.